The van der Waals surface area contributed by atoms with Crippen molar-refractivity contribution in [2.24, 2.45) is 0 Å². The van der Waals surface area contributed by atoms with Gasteiger partial charge in [-0.05, 0) is 72.9 Å². The van der Waals surface area contributed by atoms with E-state index < -0.39 is 0 Å². The number of tetrazole rings is 1. The maximum Gasteiger partial charge on any atom is 0.258 e. The molecule has 2 saturated heterocycles. The van der Waals surface area contributed by atoms with Gasteiger partial charge in [-0.1, -0.05) is 18.2 Å². The molecule has 2 fully saturated rings. The predicted octanol–water partition coefficient (Wildman–Crippen LogP) is 1.55. The van der Waals surface area contributed by atoms with E-state index in [9.17, 15) is 4.79 Å². The van der Waals surface area contributed by atoms with E-state index in [1.54, 1.807) is 0 Å². The van der Waals surface area contributed by atoms with Crippen molar-refractivity contribution in [1.29, 1.82) is 0 Å². The highest BCUT2D eigenvalue weighted by molar-refractivity contribution is 5.82. The molecular formula is C23H31N6O2+. The number of aromatic nitrogens is 5. The number of ether oxygens (including phenoxy) is 1. The molecule has 5 rings (SSSR count). The molecule has 2 aliphatic rings. The smallest absolute Gasteiger partial charge is 0.258 e. The van der Waals surface area contributed by atoms with Crippen LogP contribution in [0.3, 0.4) is 0 Å². The summed E-state index contributed by atoms with van der Waals surface area (Å²) in [6, 6.07) is 7.98. The van der Waals surface area contributed by atoms with E-state index in [4.69, 9.17) is 4.74 Å². The second-order valence-electron chi connectivity index (χ2n) is 8.95. The first-order valence-corrected chi connectivity index (χ1v) is 11.6. The van der Waals surface area contributed by atoms with Crippen LogP contribution in [0.4, 0.5) is 0 Å². The molecule has 0 aliphatic carbocycles. The molecule has 0 saturated carbocycles. The van der Waals surface area contributed by atoms with E-state index >= 15 is 0 Å². The summed E-state index contributed by atoms with van der Waals surface area (Å²) in [7, 11) is 0. The molecule has 2 aromatic heterocycles. The minimum absolute atomic E-state index is 0.0461. The van der Waals surface area contributed by atoms with Gasteiger partial charge in [-0.3, -0.25) is 4.79 Å². The van der Waals surface area contributed by atoms with E-state index in [-0.39, 0.29) is 17.7 Å². The Hall–Kier alpha value is -2.58. The highest BCUT2D eigenvalue weighted by Crippen LogP contribution is 2.22. The number of benzene rings is 1. The first-order chi connectivity index (χ1) is 15.2. The lowest BCUT2D eigenvalue weighted by Crippen LogP contribution is -3.12. The summed E-state index contributed by atoms with van der Waals surface area (Å²) < 4.78 is 7.71. The predicted molar refractivity (Wildman–Crippen MR) is 117 cm³/mol. The maximum atomic E-state index is 13.3. The number of hydrogen-bond acceptors (Lipinski definition) is 5. The topological polar surface area (TPSA) is 90.1 Å². The Kier molecular flexibility index (Phi) is 5.82. The largest absolute Gasteiger partial charge is 0.376 e. The highest BCUT2D eigenvalue weighted by Gasteiger charge is 2.35. The Morgan fingerprint density at radius 1 is 1.23 bits per heavy atom. The number of aryl methyl sites for hydroxylation is 1. The zero-order valence-electron chi connectivity index (χ0n) is 18.1. The zero-order chi connectivity index (χ0) is 21.2. The van der Waals surface area contributed by atoms with Crippen LogP contribution in [0.15, 0.2) is 29.1 Å². The van der Waals surface area contributed by atoms with Crippen LogP contribution in [0, 0.1) is 6.92 Å². The van der Waals surface area contributed by atoms with Crippen molar-refractivity contribution in [3.8, 4) is 0 Å². The van der Waals surface area contributed by atoms with Gasteiger partial charge in [0.15, 0.2) is 6.04 Å². The molecule has 31 heavy (non-hydrogen) atoms. The second kappa shape index (κ2) is 8.88. The summed E-state index contributed by atoms with van der Waals surface area (Å²) >= 11 is 0. The zero-order valence-corrected chi connectivity index (χ0v) is 18.1. The number of hydrogen-bond donors (Lipinski definition) is 2. The average Bonchev–Trinajstić information content (AvgIpc) is 3.37. The van der Waals surface area contributed by atoms with E-state index in [1.165, 1.54) is 17.7 Å². The fourth-order valence-corrected chi connectivity index (χ4v) is 5.16. The third-order valence-corrected chi connectivity index (χ3v) is 6.80. The van der Waals surface area contributed by atoms with Crippen LogP contribution in [0.2, 0.25) is 0 Å². The SMILES string of the molecule is Cc1cccc2cc([C@@H](c3nnnn3C[C@H]3CCCO3)[NH+]3CCCCCC3)c(=O)[nH]c12. The molecule has 0 unspecified atom stereocenters. The standard InChI is InChI=1S/C23H30N6O2/c1-16-8-6-9-17-14-19(23(30)24-20(16)17)21(28-11-4-2-3-5-12-28)22-25-26-27-29(22)15-18-10-7-13-31-18/h6,8-9,14,18,21H,2-5,7,10-13,15H2,1H3,(H,24,30)/p+1/t18-,21+/m1/s1. The lowest BCUT2D eigenvalue weighted by Gasteiger charge is -2.27. The molecule has 164 valence electrons. The molecule has 3 aromatic rings. The first-order valence-electron chi connectivity index (χ1n) is 11.6. The van der Waals surface area contributed by atoms with Crippen LogP contribution in [-0.2, 0) is 11.3 Å². The van der Waals surface area contributed by atoms with Crippen molar-refractivity contribution >= 4 is 10.9 Å². The van der Waals surface area contributed by atoms with Crippen molar-refractivity contribution in [2.75, 3.05) is 19.7 Å². The number of rotatable bonds is 5. The van der Waals surface area contributed by atoms with Crippen LogP contribution in [-0.4, -0.2) is 51.0 Å². The normalized spacial score (nSPS) is 21.4. The van der Waals surface area contributed by atoms with Gasteiger partial charge in [-0.2, -0.15) is 0 Å². The maximum absolute atomic E-state index is 13.3. The molecule has 0 bridgehead atoms. The van der Waals surface area contributed by atoms with Gasteiger partial charge in [0.25, 0.3) is 5.56 Å². The number of quaternary nitrogens is 1. The Balaban J connectivity index is 1.60. The molecule has 0 radical (unpaired) electrons. The molecule has 8 heteroatoms. The fraction of sp³-hybridized carbons (Fsp3) is 0.565. The average molecular weight is 424 g/mol. The van der Waals surface area contributed by atoms with Gasteiger partial charge in [0.2, 0.25) is 5.82 Å². The molecule has 1 aromatic carbocycles. The Morgan fingerprint density at radius 2 is 2.06 bits per heavy atom. The van der Waals surface area contributed by atoms with Crippen molar-refractivity contribution in [3.63, 3.8) is 0 Å². The second-order valence-corrected chi connectivity index (χ2v) is 8.95. The van der Waals surface area contributed by atoms with Crippen LogP contribution in [0.5, 0.6) is 0 Å². The van der Waals surface area contributed by atoms with E-state index in [0.717, 1.165) is 73.2 Å². The number of pyridine rings is 1. The number of fused-ring (bicyclic) bond motifs is 1. The van der Waals surface area contributed by atoms with Crippen molar-refractivity contribution in [2.45, 2.75) is 64.1 Å². The van der Waals surface area contributed by atoms with E-state index in [0.29, 0.717) is 6.54 Å². The highest BCUT2D eigenvalue weighted by atomic mass is 16.5. The molecule has 0 spiro atoms. The summed E-state index contributed by atoms with van der Waals surface area (Å²) in [6.07, 6.45) is 7.03. The molecule has 2 atom stereocenters. The molecule has 4 heterocycles. The summed E-state index contributed by atoms with van der Waals surface area (Å²) in [5.41, 5.74) is 2.68. The minimum Gasteiger partial charge on any atom is -0.376 e. The third-order valence-electron chi connectivity index (χ3n) is 6.80. The lowest BCUT2D eigenvalue weighted by molar-refractivity contribution is -0.925. The number of nitrogens with zero attached hydrogens (tertiary/aromatic N) is 4. The number of para-hydroxylation sites is 1. The third kappa shape index (κ3) is 4.14. The van der Waals surface area contributed by atoms with E-state index in [2.05, 4.69) is 32.6 Å². The monoisotopic (exact) mass is 423 g/mol. The van der Waals surface area contributed by atoms with Crippen molar-refractivity contribution in [3.05, 3.63) is 51.6 Å². The summed E-state index contributed by atoms with van der Waals surface area (Å²) in [4.78, 5) is 17.9. The molecule has 0 amide bonds. The van der Waals surface area contributed by atoms with Gasteiger partial charge in [0, 0.05) is 6.61 Å². The van der Waals surface area contributed by atoms with E-state index in [1.807, 2.05) is 23.7 Å². The summed E-state index contributed by atoms with van der Waals surface area (Å²) in [5.74, 6) is 0.768. The number of likely N-dealkylation sites (tertiary alicyclic amines) is 1. The Labute approximate surface area is 181 Å². The number of H-pyrrole nitrogens is 1. The summed E-state index contributed by atoms with van der Waals surface area (Å²) in [5, 5.41) is 13.8. The van der Waals surface area contributed by atoms with Crippen molar-refractivity contribution in [1.82, 2.24) is 25.2 Å². The lowest BCUT2D eigenvalue weighted by atomic mass is 10.0. The Bertz CT molecular complexity index is 1090. The summed E-state index contributed by atoms with van der Waals surface area (Å²) in [6.45, 7) is 5.49. The number of aromatic amines is 1. The van der Waals surface area contributed by atoms with Gasteiger partial charge in [-0.25, -0.2) is 4.68 Å². The van der Waals surface area contributed by atoms with Gasteiger partial charge in [0.05, 0.1) is 36.8 Å². The van der Waals surface area contributed by atoms with Crippen LogP contribution in [0.1, 0.15) is 61.5 Å². The van der Waals surface area contributed by atoms with Crippen LogP contribution in [0.25, 0.3) is 10.9 Å². The van der Waals surface area contributed by atoms with Crippen molar-refractivity contribution < 1.29 is 9.64 Å². The van der Waals surface area contributed by atoms with Crippen LogP contribution >= 0.6 is 0 Å². The molecule has 2 aliphatic heterocycles. The minimum atomic E-state index is -0.192. The first kappa shape index (κ1) is 20.3. The molecular weight excluding hydrogens is 392 g/mol. The molecule has 2 N–H and O–H groups in total. The van der Waals surface area contributed by atoms with Crippen LogP contribution < -0.4 is 10.5 Å². The fourth-order valence-electron chi connectivity index (χ4n) is 5.16. The molecule has 8 nitrogen and oxygen atoms in total. The number of nitrogens with one attached hydrogen (secondary N) is 2. The Morgan fingerprint density at radius 3 is 2.84 bits per heavy atom. The van der Waals surface area contributed by atoms with Gasteiger partial charge < -0.3 is 14.6 Å². The quantitative estimate of drug-likeness (QED) is 0.650. The van der Waals surface area contributed by atoms with Gasteiger partial charge in [-0.15, -0.1) is 5.10 Å². The van der Waals surface area contributed by atoms with Gasteiger partial charge in [0.1, 0.15) is 0 Å². The van der Waals surface area contributed by atoms with Gasteiger partial charge >= 0.3 is 0 Å².